The van der Waals surface area contributed by atoms with Crippen molar-refractivity contribution in [2.45, 2.75) is 0 Å². The Labute approximate surface area is 287 Å². The van der Waals surface area contributed by atoms with E-state index >= 15 is 0 Å². The zero-order chi connectivity index (χ0) is 33.0. The zero-order valence-corrected chi connectivity index (χ0v) is 27.0. The third-order valence-corrected chi connectivity index (χ3v) is 9.64. The molecule has 3 aromatic heterocycles. The van der Waals surface area contributed by atoms with Crippen LogP contribution in [0.2, 0.25) is 0 Å². The molecule has 50 heavy (non-hydrogen) atoms. The van der Waals surface area contributed by atoms with Gasteiger partial charge >= 0.3 is 0 Å². The van der Waals surface area contributed by atoms with Crippen molar-refractivity contribution in [3.8, 4) is 23.3 Å². The van der Waals surface area contributed by atoms with Crippen LogP contribution in [0.15, 0.2) is 176 Å². The van der Waals surface area contributed by atoms with Gasteiger partial charge in [-0.3, -0.25) is 9.13 Å². The van der Waals surface area contributed by atoms with E-state index in [9.17, 15) is 0 Å². The Morgan fingerprint density at radius 3 is 0.920 bits per heavy atom. The number of para-hydroxylation sites is 4. The van der Waals surface area contributed by atoms with Gasteiger partial charge in [0.1, 0.15) is 0 Å². The highest BCUT2D eigenvalue weighted by molar-refractivity contribution is 6.19. The molecule has 0 fully saturated rings. The Balaban J connectivity index is 1.44. The molecule has 0 N–H and O–H groups in total. The van der Waals surface area contributed by atoms with E-state index in [2.05, 4.69) is 167 Å². The summed E-state index contributed by atoms with van der Waals surface area (Å²) in [6.45, 7) is 0. The third-order valence-electron chi connectivity index (χ3n) is 9.64. The molecule has 7 aromatic carbocycles. The summed E-state index contributed by atoms with van der Waals surface area (Å²) < 4.78 is 4.38. The van der Waals surface area contributed by atoms with E-state index in [0.29, 0.717) is 17.7 Å². The maximum Gasteiger partial charge on any atom is 0.240 e. The Morgan fingerprint density at radius 2 is 0.540 bits per heavy atom. The second-order valence-electron chi connectivity index (χ2n) is 12.5. The molecular weight excluding hydrogens is 611 g/mol. The van der Waals surface area contributed by atoms with E-state index in [1.165, 1.54) is 10.8 Å². The molecule has 0 bridgehead atoms. The van der Waals surface area contributed by atoms with Crippen molar-refractivity contribution in [3.05, 3.63) is 176 Å². The average Bonchev–Trinajstić information content (AvgIpc) is 3.54. The van der Waals surface area contributed by atoms with Gasteiger partial charge < -0.3 is 0 Å². The molecule has 0 amide bonds. The first kappa shape index (κ1) is 28.2. The number of hydrogen-bond donors (Lipinski definition) is 0. The highest BCUT2D eigenvalue weighted by atomic mass is 15.3. The van der Waals surface area contributed by atoms with Crippen molar-refractivity contribution >= 4 is 65.2 Å². The van der Waals surface area contributed by atoms with Crippen molar-refractivity contribution in [1.82, 2.24) is 24.1 Å². The van der Waals surface area contributed by atoms with Crippen LogP contribution >= 0.6 is 0 Å². The molecule has 10 aromatic rings. The molecule has 0 unspecified atom stereocenters. The lowest BCUT2D eigenvalue weighted by Gasteiger charge is -2.15. The molecule has 0 aliphatic heterocycles. The van der Waals surface area contributed by atoms with Crippen LogP contribution < -0.4 is 0 Å². The van der Waals surface area contributed by atoms with Crippen molar-refractivity contribution in [2.24, 2.45) is 0 Å². The first-order chi connectivity index (χ1) is 24.8. The number of benzene rings is 7. The van der Waals surface area contributed by atoms with Gasteiger partial charge in [0.2, 0.25) is 11.9 Å². The largest absolute Gasteiger partial charge is 0.278 e. The van der Waals surface area contributed by atoms with Crippen molar-refractivity contribution < 1.29 is 0 Å². The monoisotopic (exact) mass is 639 g/mol. The second kappa shape index (κ2) is 11.4. The van der Waals surface area contributed by atoms with E-state index in [1.54, 1.807) is 0 Å². The number of fused-ring (bicyclic) bond motifs is 10. The van der Waals surface area contributed by atoms with Crippen LogP contribution in [-0.4, -0.2) is 24.1 Å². The summed E-state index contributed by atoms with van der Waals surface area (Å²) in [5, 5.41) is 9.14. The lowest BCUT2D eigenvalue weighted by Crippen LogP contribution is -2.11. The SMILES string of the molecule is c1ccc(-c2nc(-n3c4ccccc4c4ccccc4c4ccccc4c4ccccc43)nc(-n3c4ccccc4c4ccccc43)n2)cc1. The topological polar surface area (TPSA) is 48.5 Å². The summed E-state index contributed by atoms with van der Waals surface area (Å²) in [5.41, 5.74) is 4.97. The second-order valence-corrected chi connectivity index (χ2v) is 12.5. The highest BCUT2D eigenvalue weighted by Gasteiger charge is 2.19. The smallest absolute Gasteiger partial charge is 0.240 e. The average molecular weight is 640 g/mol. The van der Waals surface area contributed by atoms with Gasteiger partial charge in [0.05, 0.1) is 22.1 Å². The Morgan fingerprint density at radius 1 is 0.260 bits per heavy atom. The fourth-order valence-electron chi connectivity index (χ4n) is 7.45. The summed E-state index contributed by atoms with van der Waals surface area (Å²) >= 11 is 0. The highest BCUT2D eigenvalue weighted by Crippen LogP contribution is 2.35. The number of aromatic nitrogens is 5. The molecule has 0 saturated carbocycles. The Bertz CT molecular complexity index is 2830. The Kier molecular flexibility index (Phi) is 6.42. The minimum atomic E-state index is 0.535. The molecule has 0 saturated heterocycles. The summed E-state index contributed by atoms with van der Waals surface area (Å²) in [5.74, 6) is 1.69. The van der Waals surface area contributed by atoms with Crippen LogP contribution in [0.1, 0.15) is 0 Å². The lowest BCUT2D eigenvalue weighted by molar-refractivity contribution is 0.891. The van der Waals surface area contributed by atoms with Gasteiger partial charge in [0.25, 0.3) is 0 Å². The van der Waals surface area contributed by atoms with Gasteiger partial charge in [-0.15, -0.1) is 0 Å². The summed E-state index contributed by atoms with van der Waals surface area (Å²) in [6.07, 6.45) is 0. The van der Waals surface area contributed by atoms with Gasteiger partial charge in [0.15, 0.2) is 5.82 Å². The first-order valence-electron chi connectivity index (χ1n) is 16.8. The molecule has 0 radical (unpaired) electrons. The summed E-state index contributed by atoms with van der Waals surface area (Å²) in [4.78, 5) is 15.9. The van der Waals surface area contributed by atoms with E-state index in [1.807, 2.05) is 18.2 Å². The number of hydrogen-bond acceptors (Lipinski definition) is 3. The van der Waals surface area contributed by atoms with E-state index in [4.69, 9.17) is 15.0 Å². The molecule has 5 heteroatoms. The zero-order valence-electron chi connectivity index (χ0n) is 27.0. The predicted octanol–water partition coefficient (Wildman–Crippen LogP) is 11.2. The van der Waals surface area contributed by atoms with Crippen molar-refractivity contribution in [3.63, 3.8) is 0 Å². The molecule has 10 rings (SSSR count). The van der Waals surface area contributed by atoms with Crippen LogP contribution in [0, 0.1) is 0 Å². The van der Waals surface area contributed by atoms with Crippen LogP contribution in [0.5, 0.6) is 0 Å². The van der Waals surface area contributed by atoms with Gasteiger partial charge in [-0.2, -0.15) is 15.0 Å². The van der Waals surface area contributed by atoms with Gasteiger partial charge in [-0.25, -0.2) is 0 Å². The van der Waals surface area contributed by atoms with E-state index in [0.717, 1.165) is 59.9 Å². The molecular formula is C45H29N5. The predicted molar refractivity (Wildman–Crippen MR) is 207 cm³/mol. The van der Waals surface area contributed by atoms with Crippen LogP contribution in [0.4, 0.5) is 0 Å². The maximum atomic E-state index is 5.40. The standard InChI is InChI=1S/C45H29N5/c1-2-16-30(17-3-1)43-46-44(48-45(47-43)50-41-28-14-10-24-37(41)38-25-11-15-29-42(38)50)49-39-26-12-8-22-35(39)33-20-6-4-18-31(33)32-19-5-7-21-34(32)36-23-9-13-27-40(36)49/h1-29H. The number of rotatable bonds is 3. The van der Waals surface area contributed by atoms with Crippen LogP contribution in [0.3, 0.4) is 0 Å². The molecule has 0 aliphatic rings. The van der Waals surface area contributed by atoms with Crippen molar-refractivity contribution in [1.29, 1.82) is 0 Å². The molecule has 0 aliphatic carbocycles. The van der Waals surface area contributed by atoms with Gasteiger partial charge in [-0.05, 0) is 45.8 Å². The quantitative estimate of drug-likeness (QED) is 0.193. The molecule has 3 heterocycles. The van der Waals surface area contributed by atoms with E-state index < -0.39 is 0 Å². The first-order valence-corrected chi connectivity index (χ1v) is 16.8. The fourth-order valence-corrected chi connectivity index (χ4v) is 7.45. The molecule has 5 nitrogen and oxygen atoms in total. The maximum absolute atomic E-state index is 5.40. The Hall–Kier alpha value is -6.85. The van der Waals surface area contributed by atoms with Crippen LogP contribution in [-0.2, 0) is 0 Å². The normalized spacial score (nSPS) is 11.6. The summed E-state index contributed by atoms with van der Waals surface area (Å²) in [7, 11) is 0. The molecule has 0 atom stereocenters. The number of nitrogens with zero attached hydrogens (tertiary/aromatic N) is 5. The summed E-state index contributed by atoms with van der Waals surface area (Å²) in [6, 6.07) is 61.6. The fraction of sp³-hybridized carbons (Fsp3) is 0. The van der Waals surface area contributed by atoms with Crippen molar-refractivity contribution in [2.75, 3.05) is 0 Å². The van der Waals surface area contributed by atoms with Gasteiger partial charge in [0, 0.05) is 27.1 Å². The molecule has 0 spiro atoms. The minimum absolute atomic E-state index is 0.535. The lowest BCUT2D eigenvalue weighted by atomic mass is 10.0. The molecule has 234 valence electrons. The van der Waals surface area contributed by atoms with Crippen LogP contribution in [0.25, 0.3) is 88.4 Å². The third kappa shape index (κ3) is 4.37. The van der Waals surface area contributed by atoms with E-state index in [-0.39, 0.29) is 0 Å². The minimum Gasteiger partial charge on any atom is -0.278 e. The van der Waals surface area contributed by atoms with Gasteiger partial charge in [-0.1, -0.05) is 152 Å².